The molecule has 140 valence electrons. The van der Waals surface area contributed by atoms with Gasteiger partial charge in [0.1, 0.15) is 6.61 Å². The van der Waals surface area contributed by atoms with E-state index in [1.807, 2.05) is 6.07 Å². The van der Waals surface area contributed by atoms with Gasteiger partial charge in [-0.25, -0.2) is 4.79 Å². The van der Waals surface area contributed by atoms with Crippen molar-refractivity contribution in [2.45, 2.75) is 0 Å². The molecule has 0 atom stereocenters. The Bertz CT molecular complexity index is 857. The van der Waals surface area contributed by atoms with Gasteiger partial charge in [0.25, 0.3) is 0 Å². The summed E-state index contributed by atoms with van der Waals surface area (Å²) in [6, 6.07) is 11.8. The minimum Gasteiger partial charge on any atom is -0.493 e. The minimum atomic E-state index is -0.465. The number of carbonyl (C=O) groups is 2. The third-order valence-electron chi connectivity index (χ3n) is 3.52. The maximum Gasteiger partial charge on any atom is 0.337 e. The number of rotatable bonds is 8. The number of hydrogen-bond acceptors (Lipinski definition) is 5. The molecule has 0 aliphatic heterocycles. The average molecular weight is 367 g/mol. The standard InChI is InChI=1S/C21H21NO5/c1-4-12-27-18-10-8-15(13-19(18)25-2)9-11-20(23)22-17-7-5-6-16(14-17)21(24)26-3/h4-11,13-14H,1,12H2,2-3H3,(H,22,23)/b11-9+. The summed E-state index contributed by atoms with van der Waals surface area (Å²) >= 11 is 0. The Morgan fingerprint density at radius 1 is 1.11 bits per heavy atom. The molecular weight excluding hydrogens is 346 g/mol. The zero-order chi connectivity index (χ0) is 19.6. The van der Waals surface area contributed by atoms with Gasteiger partial charge >= 0.3 is 5.97 Å². The zero-order valence-corrected chi connectivity index (χ0v) is 15.2. The number of anilines is 1. The van der Waals surface area contributed by atoms with Crippen LogP contribution in [0.15, 0.2) is 61.2 Å². The van der Waals surface area contributed by atoms with E-state index in [0.717, 1.165) is 5.56 Å². The lowest BCUT2D eigenvalue weighted by Crippen LogP contribution is -2.09. The molecule has 27 heavy (non-hydrogen) atoms. The molecule has 0 aromatic heterocycles. The van der Waals surface area contributed by atoms with E-state index in [1.54, 1.807) is 55.7 Å². The highest BCUT2D eigenvalue weighted by atomic mass is 16.5. The normalized spacial score (nSPS) is 10.3. The van der Waals surface area contributed by atoms with Crippen LogP contribution in [0, 0.1) is 0 Å². The third kappa shape index (κ3) is 5.74. The van der Waals surface area contributed by atoms with E-state index in [2.05, 4.69) is 16.6 Å². The molecule has 0 saturated carbocycles. The summed E-state index contributed by atoms with van der Waals surface area (Å²) in [7, 11) is 2.85. The number of amides is 1. The number of carbonyl (C=O) groups excluding carboxylic acids is 2. The Kier molecular flexibility index (Phi) is 7.19. The Labute approximate surface area is 158 Å². The summed E-state index contributed by atoms with van der Waals surface area (Å²) in [5.41, 5.74) is 1.63. The van der Waals surface area contributed by atoms with Gasteiger partial charge in [-0.05, 0) is 42.0 Å². The first-order valence-corrected chi connectivity index (χ1v) is 8.16. The van der Waals surface area contributed by atoms with Gasteiger partial charge in [-0.3, -0.25) is 4.79 Å². The molecule has 0 aliphatic carbocycles. The average Bonchev–Trinajstić information content (AvgIpc) is 2.70. The molecule has 2 aromatic rings. The monoisotopic (exact) mass is 367 g/mol. The summed E-state index contributed by atoms with van der Waals surface area (Å²) in [5.74, 6) is 0.360. The number of ether oxygens (including phenoxy) is 3. The van der Waals surface area contributed by atoms with Gasteiger partial charge in [-0.15, -0.1) is 0 Å². The first-order valence-electron chi connectivity index (χ1n) is 8.16. The van der Waals surface area contributed by atoms with Gasteiger partial charge < -0.3 is 19.5 Å². The number of nitrogens with one attached hydrogen (secondary N) is 1. The molecule has 1 N–H and O–H groups in total. The lowest BCUT2D eigenvalue weighted by molar-refractivity contribution is -0.111. The minimum absolute atomic E-state index is 0.331. The van der Waals surface area contributed by atoms with Crippen LogP contribution in [-0.4, -0.2) is 32.7 Å². The van der Waals surface area contributed by atoms with Crippen molar-refractivity contribution in [3.05, 3.63) is 72.3 Å². The second kappa shape index (κ2) is 9.82. The lowest BCUT2D eigenvalue weighted by atomic mass is 10.1. The maximum absolute atomic E-state index is 12.1. The largest absolute Gasteiger partial charge is 0.493 e. The van der Waals surface area contributed by atoms with E-state index in [0.29, 0.717) is 29.4 Å². The molecule has 0 saturated heterocycles. The van der Waals surface area contributed by atoms with Crippen molar-refractivity contribution in [3.63, 3.8) is 0 Å². The first kappa shape index (κ1) is 19.8. The van der Waals surface area contributed by atoms with Crippen molar-refractivity contribution >= 4 is 23.6 Å². The number of methoxy groups -OCH3 is 2. The van der Waals surface area contributed by atoms with Gasteiger partial charge in [0.2, 0.25) is 5.91 Å². The molecule has 0 bridgehead atoms. The molecule has 1 amide bonds. The highest BCUT2D eigenvalue weighted by Crippen LogP contribution is 2.28. The van der Waals surface area contributed by atoms with Crippen LogP contribution in [-0.2, 0) is 9.53 Å². The van der Waals surface area contributed by atoms with Gasteiger partial charge in [-0.1, -0.05) is 24.8 Å². The van der Waals surface area contributed by atoms with E-state index >= 15 is 0 Å². The van der Waals surface area contributed by atoms with Gasteiger partial charge in [0, 0.05) is 11.8 Å². The SMILES string of the molecule is C=CCOc1ccc(/C=C/C(=O)Nc2cccc(C(=O)OC)c2)cc1OC. The van der Waals surface area contributed by atoms with Crippen molar-refractivity contribution in [3.8, 4) is 11.5 Å². The molecule has 6 heteroatoms. The van der Waals surface area contributed by atoms with Crippen LogP contribution in [0.25, 0.3) is 6.08 Å². The quantitative estimate of drug-likeness (QED) is 0.437. The summed E-state index contributed by atoms with van der Waals surface area (Å²) in [6.45, 7) is 3.98. The van der Waals surface area contributed by atoms with Gasteiger partial charge in [0.15, 0.2) is 11.5 Å². The molecule has 0 spiro atoms. The van der Waals surface area contributed by atoms with Crippen LogP contribution < -0.4 is 14.8 Å². The van der Waals surface area contributed by atoms with Crippen LogP contribution in [0.5, 0.6) is 11.5 Å². The molecular formula is C21H21NO5. The fraction of sp³-hybridized carbons (Fsp3) is 0.143. The Balaban J connectivity index is 2.06. The summed E-state index contributed by atoms with van der Waals surface area (Å²) < 4.78 is 15.5. The van der Waals surface area contributed by atoms with E-state index in [1.165, 1.54) is 13.2 Å². The maximum atomic E-state index is 12.1. The Morgan fingerprint density at radius 3 is 2.63 bits per heavy atom. The van der Waals surface area contributed by atoms with Crippen molar-refractivity contribution in [2.24, 2.45) is 0 Å². The lowest BCUT2D eigenvalue weighted by Gasteiger charge is -2.09. The van der Waals surface area contributed by atoms with Crippen LogP contribution >= 0.6 is 0 Å². The van der Waals surface area contributed by atoms with Crippen LogP contribution in [0.1, 0.15) is 15.9 Å². The van der Waals surface area contributed by atoms with Crippen molar-refractivity contribution in [1.82, 2.24) is 0 Å². The van der Waals surface area contributed by atoms with Gasteiger partial charge in [0.05, 0.1) is 19.8 Å². The third-order valence-corrected chi connectivity index (χ3v) is 3.52. The van der Waals surface area contributed by atoms with Crippen LogP contribution in [0.4, 0.5) is 5.69 Å². The van der Waals surface area contributed by atoms with Crippen LogP contribution in [0.2, 0.25) is 0 Å². The topological polar surface area (TPSA) is 73.9 Å². The van der Waals surface area contributed by atoms with E-state index in [9.17, 15) is 9.59 Å². The van der Waals surface area contributed by atoms with E-state index < -0.39 is 5.97 Å². The molecule has 2 rings (SSSR count). The highest BCUT2D eigenvalue weighted by molar-refractivity contribution is 6.02. The molecule has 0 heterocycles. The number of benzene rings is 2. The number of hydrogen-bond donors (Lipinski definition) is 1. The first-order chi connectivity index (χ1) is 13.1. The summed E-state index contributed by atoms with van der Waals surface area (Å²) in [4.78, 5) is 23.7. The predicted octanol–water partition coefficient (Wildman–Crippen LogP) is 3.70. The van der Waals surface area contributed by atoms with E-state index in [-0.39, 0.29) is 5.91 Å². The Hall–Kier alpha value is -3.54. The van der Waals surface area contributed by atoms with Crippen molar-refractivity contribution in [1.29, 1.82) is 0 Å². The molecule has 2 aromatic carbocycles. The molecule has 6 nitrogen and oxygen atoms in total. The summed E-state index contributed by atoms with van der Waals surface area (Å²) in [6.07, 6.45) is 4.69. The highest BCUT2D eigenvalue weighted by Gasteiger charge is 2.07. The summed E-state index contributed by atoms with van der Waals surface area (Å²) in [5, 5.41) is 2.70. The Morgan fingerprint density at radius 2 is 1.93 bits per heavy atom. The zero-order valence-electron chi connectivity index (χ0n) is 15.2. The molecule has 0 aliphatic rings. The predicted molar refractivity (Wildman–Crippen MR) is 104 cm³/mol. The van der Waals surface area contributed by atoms with Crippen molar-refractivity contribution in [2.75, 3.05) is 26.1 Å². The molecule has 0 fully saturated rings. The second-order valence-corrected chi connectivity index (χ2v) is 5.40. The smallest absolute Gasteiger partial charge is 0.337 e. The second-order valence-electron chi connectivity index (χ2n) is 5.40. The molecule has 0 unspecified atom stereocenters. The van der Waals surface area contributed by atoms with Crippen LogP contribution in [0.3, 0.4) is 0 Å². The van der Waals surface area contributed by atoms with E-state index in [4.69, 9.17) is 9.47 Å². The fourth-order valence-electron chi connectivity index (χ4n) is 2.25. The van der Waals surface area contributed by atoms with Crippen molar-refractivity contribution < 1.29 is 23.8 Å². The van der Waals surface area contributed by atoms with Gasteiger partial charge in [-0.2, -0.15) is 0 Å². The molecule has 0 radical (unpaired) electrons. The fourth-order valence-corrected chi connectivity index (χ4v) is 2.25. The number of esters is 1.